The molecule has 6 nitrogen and oxygen atoms in total. The van der Waals surface area contributed by atoms with Gasteiger partial charge in [-0.3, -0.25) is 4.79 Å². The number of aromatic nitrogens is 1. The number of rotatable bonds is 4. The first kappa shape index (κ1) is 19.6. The lowest BCUT2D eigenvalue weighted by Gasteiger charge is -2.09. The largest absolute Gasteiger partial charge is 0.494 e. The van der Waals surface area contributed by atoms with Gasteiger partial charge >= 0.3 is 6.03 Å². The Morgan fingerprint density at radius 3 is 2.70 bits per heavy atom. The maximum absolute atomic E-state index is 12.8. The number of carbonyl (C=O) groups excluding carboxylic acids is 2. The Bertz CT molecular complexity index is 1070. The van der Waals surface area contributed by atoms with Crippen LogP contribution in [0.5, 0.6) is 5.88 Å². The summed E-state index contributed by atoms with van der Waals surface area (Å²) in [5.74, 6) is -0.234. The number of nitrogens with zero attached hydrogens (tertiary/aromatic N) is 1. The molecule has 3 aromatic rings. The summed E-state index contributed by atoms with van der Waals surface area (Å²) in [6, 6.07) is 9.40. The minimum Gasteiger partial charge on any atom is -0.494 e. The molecule has 0 saturated heterocycles. The standard InChI is InChI=1S/C18H15BrClN3O3S/c1-2-27-9-6-7-13(12(20)8-9)22-16(24)14-10-4-3-5-11(19)15(10)23(17(14)25)18(21)26/h3-8,25H,2H2,1H3,(H2,21,26)(H,22,24). The van der Waals surface area contributed by atoms with Crippen LogP contribution in [0.3, 0.4) is 0 Å². The van der Waals surface area contributed by atoms with Crippen LogP contribution in [0.4, 0.5) is 10.5 Å². The molecule has 140 valence electrons. The van der Waals surface area contributed by atoms with E-state index in [1.54, 1.807) is 42.1 Å². The zero-order valence-corrected chi connectivity index (χ0v) is 17.3. The predicted octanol–water partition coefficient (Wildman–Crippen LogP) is 5.05. The van der Waals surface area contributed by atoms with Crippen molar-refractivity contribution in [3.63, 3.8) is 0 Å². The molecular formula is C18H15BrClN3O3S. The van der Waals surface area contributed by atoms with Crippen molar-refractivity contribution in [2.45, 2.75) is 11.8 Å². The average Bonchev–Trinajstić information content (AvgIpc) is 2.91. The number of halogens is 2. The first-order chi connectivity index (χ1) is 12.8. The molecule has 2 amide bonds. The Kier molecular flexibility index (Phi) is 5.69. The molecular weight excluding hydrogens is 454 g/mol. The highest BCUT2D eigenvalue weighted by Gasteiger charge is 2.26. The van der Waals surface area contributed by atoms with E-state index in [0.29, 0.717) is 26.1 Å². The first-order valence-corrected chi connectivity index (χ1v) is 10.1. The number of nitrogens with two attached hydrogens (primary N) is 1. The van der Waals surface area contributed by atoms with Crippen molar-refractivity contribution in [2.24, 2.45) is 5.73 Å². The molecule has 0 aliphatic carbocycles. The van der Waals surface area contributed by atoms with E-state index in [4.69, 9.17) is 17.3 Å². The summed E-state index contributed by atoms with van der Waals surface area (Å²) in [4.78, 5) is 25.6. The van der Waals surface area contributed by atoms with Crippen LogP contribution >= 0.6 is 39.3 Å². The molecule has 3 rings (SSSR count). The summed E-state index contributed by atoms with van der Waals surface area (Å²) in [5, 5.41) is 13.9. The minimum absolute atomic E-state index is 0.0619. The number of thioether (sulfide) groups is 1. The molecule has 0 unspecified atom stereocenters. The number of amides is 2. The average molecular weight is 469 g/mol. The van der Waals surface area contributed by atoms with Crippen LogP contribution in [0.25, 0.3) is 10.9 Å². The van der Waals surface area contributed by atoms with Gasteiger partial charge in [0.1, 0.15) is 5.56 Å². The SMILES string of the molecule is CCSc1ccc(NC(=O)c2c(O)n(C(N)=O)c3c(Br)cccc23)c(Cl)c1. The van der Waals surface area contributed by atoms with Crippen molar-refractivity contribution >= 4 is 67.8 Å². The molecule has 0 aliphatic rings. The van der Waals surface area contributed by atoms with Gasteiger partial charge in [-0.1, -0.05) is 30.7 Å². The summed E-state index contributed by atoms with van der Waals surface area (Å²) in [6.07, 6.45) is 0. The van der Waals surface area contributed by atoms with Gasteiger partial charge in [0.05, 0.1) is 16.2 Å². The number of primary amides is 1. The van der Waals surface area contributed by atoms with Gasteiger partial charge in [0.2, 0.25) is 5.88 Å². The molecule has 2 aromatic carbocycles. The van der Waals surface area contributed by atoms with E-state index in [1.807, 2.05) is 13.0 Å². The van der Waals surface area contributed by atoms with E-state index in [1.165, 1.54) is 0 Å². The predicted molar refractivity (Wildman–Crippen MR) is 112 cm³/mol. The lowest BCUT2D eigenvalue weighted by molar-refractivity contribution is 0.102. The third-order valence-electron chi connectivity index (χ3n) is 3.86. The van der Waals surface area contributed by atoms with Gasteiger partial charge in [-0.15, -0.1) is 11.8 Å². The third kappa shape index (κ3) is 3.65. The zero-order chi connectivity index (χ0) is 19.7. The molecule has 0 bridgehead atoms. The van der Waals surface area contributed by atoms with Gasteiger partial charge in [-0.25, -0.2) is 9.36 Å². The molecule has 0 fully saturated rings. The molecule has 0 aliphatic heterocycles. The van der Waals surface area contributed by atoms with Gasteiger partial charge in [-0.05, 0) is 45.9 Å². The maximum Gasteiger partial charge on any atom is 0.326 e. The van der Waals surface area contributed by atoms with Crippen LogP contribution in [0, 0.1) is 0 Å². The Balaban J connectivity index is 2.06. The molecule has 0 radical (unpaired) electrons. The molecule has 0 atom stereocenters. The van der Waals surface area contributed by atoms with Gasteiger partial charge in [0.15, 0.2) is 0 Å². The summed E-state index contributed by atoms with van der Waals surface area (Å²) < 4.78 is 1.41. The topological polar surface area (TPSA) is 97.3 Å². The molecule has 1 heterocycles. The van der Waals surface area contributed by atoms with Crippen LogP contribution in [-0.2, 0) is 0 Å². The molecule has 0 spiro atoms. The fourth-order valence-corrected chi connectivity index (χ4v) is 4.29. The smallest absolute Gasteiger partial charge is 0.326 e. The lowest BCUT2D eigenvalue weighted by Crippen LogP contribution is -2.19. The second kappa shape index (κ2) is 7.84. The van der Waals surface area contributed by atoms with Gasteiger partial charge in [0, 0.05) is 14.8 Å². The lowest BCUT2D eigenvalue weighted by atomic mass is 10.1. The van der Waals surface area contributed by atoms with Crippen molar-refractivity contribution in [3.05, 3.63) is 51.5 Å². The highest BCUT2D eigenvalue weighted by Crippen LogP contribution is 2.36. The highest BCUT2D eigenvalue weighted by atomic mass is 79.9. The highest BCUT2D eigenvalue weighted by molar-refractivity contribution is 9.10. The van der Waals surface area contributed by atoms with Crippen molar-refractivity contribution < 1.29 is 14.7 Å². The van der Waals surface area contributed by atoms with Crippen LogP contribution in [-0.4, -0.2) is 27.4 Å². The van der Waals surface area contributed by atoms with Crippen molar-refractivity contribution in [1.82, 2.24) is 4.57 Å². The molecule has 0 saturated carbocycles. The van der Waals surface area contributed by atoms with Crippen molar-refractivity contribution in [3.8, 4) is 5.88 Å². The number of carbonyl (C=O) groups is 2. The number of para-hydroxylation sites is 1. The van der Waals surface area contributed by atoms with Crippen LogP contribution < -0.4 is 11.1 Å². The number of hydrogen-bond donors (Lipinski definition) is 3. The molecule has 4 N–H and O–H groups in total. The monoisotopic (exact) mass is 467 g/mol. The van der Waals surface area contributed by atoms with Crippen LogP contribution in [0.15, 0.2) is 45.8 Å². The summed E-state index contributed by atoms with van der Waals surface area (Å²) >= 11 is 11.2. The van der Waals surface area contributed by atoms with Gasteiger partial charge in [0.25, 0.3) is 5.91 Å². The van der Waals surface area contributed by atoms with Crippen LogP contribution in [0.2, 0.25) is 5.02 Å². The number of hydrogen-bond acceptors (Lipinski definition) is 4. The molecule has 1 aromatic heterocycles. The fraction of sp³-hybridized carbons (Fsp3) is 0.111. The summed E-state index contributed by atoms with van der Waals surface area (Å²) in [6.45, 7) is 2.03. The number of aromatic hydroxyl groups is 1. The van der Waals surface area contributed by atoms with E-state index in [-0.39, 0.29) is 5.56 Å². The fourth-order valence-electron chi connectivity index (χ4n) is 2.76. The zero-order valence-electron chi connectivity index (χ0n) is 14.1. The molecule has 9 heteroatoms. The van der Waals surface area contributed by atoms with E-state index >= 15 is 0 Å². The van der Waals surface area contributed by atoms with Crippen molar-refractivity contribution in [2.75, 3.05) is 11.1 Å². The number of anilines is 1. The maximum atomic E-state index is 12.8. The summed E-state index contributed by atoms with van der Waals surface area (Å²) in [5.41, 5.74) is 6.02. The number of nitrogens with one attached hydrogen (secondary N) is 1. The van der Waals surface area contributed by atoms with E-state index < -0.39 is 17.8 Å². The normalized spacial score (nSPS) is 10.9. The number of fused-ring (bicyclic) bond motifs is 1. The van der Waals surface area contributed by atoms with E-state index in [9.17, 15) is 14.7 Å². The van der Waals surface area contributed by atoms with Crippen molar-refractivity contribution in [1.29, 1.82) is 0 Å². The molecule has 27 heavy (non-hydrogen) atoms. The van der Waals surface area contributed by atoms with E-state index in [2.05, 4.69) is 21.2 Å². The van der Waals surface area contributed by atoms with Gasteiger partial charge in [-0.2, -0.15) is 0 Å². The first-order valence-electron chi connectivity index (χ1n) is 7.90. The van der Waals surface area contributed by atoms with Gasteiger partial charge < -0.3 is 16.2 Å². The Labute approximate surface area is 172 Å². The second-order valence-electron chi connectivity index (χ2n) is 5.54. The second-order valence-corrected chi connectivity index (χ2v) is 8.14. The summed E-state index contributed by atoms with van der Waals surface area (Å²) in [7, 11) is 0. The Morgan fingerprint density at radius 1 is 1.33 bits per heavy atom. The Morgan fingerprint density at radius 2 is 2.07 bits per heavy atom. The minimum atomic E-state index is -0.901. The number of benzene rings is 2. The third-order valence-corrected chi connectivity index (χ3v) is 5.69. The van der Waals surface area contributed by atoms with E-state index in [0.717, 1.165) is 15.2 Å². The quantitative estimate of drug-likeness (QED) is 0.467. The Hall–Kier alpha value is -2.16. The van der Waals surface area contributed by atoms with Crippen LogP contribution in [0.1, 0.15) is 17.3 Å².